The minimum absolute atomic E-state index is 0.118. The van der Waals surface area contributed by atoms with Crippen molar-refractivity contribution in [3.63, 3.8) is 0 Å². The van der Waals surface area contributed by atoms with Crippen LogP contribution >= 0.6 is 0 Å². The zero-order chi connectivity index (χ0) is 24.5. The number of nitrogens with zero attached hydrogens (tertiary/aromatic N) is 3. The number of carbonyl (C=O) groups excluding carboxylic acids is 1. The van der Waals surface area contributed by atoms with Crippen molar-refractivity contribution in [1.29, 1.82) is 5.26 Å². The lowest BCUT2D eigenvalue weighted by Crippen LogP contribution is -2.16. The standard InChI is InChI=1S/C28H20N4O3/c1-17-12-18(2)26-23(13-17)24(33)14-25(35-26)19-8-10-20(11-9-19)28(34)31-27-21(15-29)16-30-32(27)22-6-4-3-5-7-22/h3-14,16H,1-2H3,(H,31,34). The van der Waals surface area contributed by atoms with Gasteiger partial charge < -0.3 is 9.73 Å². The first-order chi connectivity index (χ1) is 16.9. The molecule has 0 aliphatic carbocycles. The predicted octanol–water partition coefficient (Wildman–Crippen LogP) is 5.39. The molecule has 2 heterocycles. The lowest BCUT2D eigenvalue weighted by molar-refractivity contribution is 0.102. The van der Waals surface area contributed by atoms with Crippen LogP contribution in [0.15, 0.2) is 88.2 Å². The van der Waals surface area contributed by atoms with Gasteiger partial charge in [-0.2, -0.15) is 10.4 Å². The van der Waals surface area contributed by atoms with Crippen LogP contribution in [0.4, 0.5) is 5.82 Å². The summed E-state index contributed by atoms with van der Waals surface area (Å²) in [5.74, 6) is 0.325. The average molecular weight is 460 g/mol. The summed E-state index contributed by atoms with van der Waals surface area (Å²) in [7, 11) is 0. The van der Waals surface area contributed by atoms with Crippen molar-refractivity contribution in [1.82, 2.24) is 9.78 Å². The van der Waals surface area contributed by atoms with Crippen LogP contribution in [0, 0.1) is 25.2 Å². The normalized spacial score (nSPS) is 10.8. The Morgan fingerprint density at radius 1 is 1.03 bits per heavy atom. The van der Waals surface area contributed by atoms with Gasteiger partial charge in [0.15, 0.2) is 11.2 Å². The third-order valence-corrected chi connectivity index (χ3v) is 5.71. The second kappa shape index (κ2) is 8.76. The van der Waals surface area contributed by atoms with Crippen molar-refractivity contribution >= 4 is 22.7 Å². The number of nitriles is 1. The summed E-state index contributed by atoms with van der Waals surface area (Å²) in [4.78, 5) is 25.7. The van der Waals surface area contributed by atoms with Gasteiger partial charge in [0.1, 0.15) is 23.0 Å². The third kappa shape index (κ3) is 4.09. The minimum atomic E-state index is -0.392. The van der Waals surface area contributed by atoms with E-state index in [1.165, 1.54) is 16.9 Å². The number of aromatic nitrogens is 2. The van der Waals surface area contributed by atoms with Crippen molar-refractivity contribution in [2.45, 2.75) is 13.8 Å². The number of para-hydroxylation sites is 1. The number of hydrogen-bond donors (Lipinski definition) is 1. The van der Waals surface area contributed by atoms with Crippen LogP contribution in [0.1, 0.15) is 27.0 Å². The van der Waals surface area contributed by atoms with Crippen LogP contribution in [0.2, 0.25) is 0 Å². The molecule has 0 radical (unpaired) electrons. The molecule has 7 heteroatoms. The summed E-state index contributed by atoms with van der Waals surface area (Å²) in [5.41, 5.74) is 4.35. The van der Waals surface area contributed by atoms with Gasteiger partial charge in [-0.25, -0.2) is 4.68 Å². The maximum absolute atomic E-state index is 13.0. The Balaban J connectivity index is 1.45. The van der Waals surface area contributed by atoms with Gasteiger partial charge in [-0.05, 0) is 55.3 Å². The van der Waals surface area contributed by atoms with Gasteiger partial charge in [0.05, 0.1) is 17.3 Å². The molecular weight excluding hydrogens is 440 g/mol. The molecule has 0 saturated heterocycles. The third-order valence-electron chi connectivity index (χ3n) is 5.71. The van der Waals surface area contributed by atoms with Crippen molar-refractivity contribution < 1.29 is 9.21 Å². The van der Waals surface area contributed by atoms with E-state index in [1.54, 1.807) is 24.3 Å². The molecule has 3 aromatic carbocycles. The lowest BCUT2D eigenvalue weighted by Gasteiger charge is -2.10. The van der Waals surface area contributed by atoms with E-state index in [-0.39, 0.29) is 11.0 Å². The predicted molar refractivity (Wildman–Crippen MR) is 134 cm³/mol. The molecule has 0 bridgehead atoms. The Hall–Kier alpha value is -4.96. The van der Waals surface area contributed by atoms with Crippen LogP contribution < -0.4 is 10.7 Å². The van der Waals surface area contributed by atoms with Crippen LogP contribution in [0.5, 0.6) is 0 Å². The number of benzene rings is 3. The van der Waals surface area contributed by atoms with Crippen LogP contribution in [-0.4, -0.2) is 15.7 Å². The van der Waals surface area contributed by atoms with E-state index < -0.39 is 5.91 Å². The molecule has 0 unspecified atom stereocenters. The first kappa shape index (κ1) is 21.9. The first-order valence-corrected chi connectivity index (χ1v) is 10.9. The number of rotatable bonds is 4. The summed E-state index contributed by atoms with van der Waals surface area (Å²) in [6.45, 7) is 3.85. The average Bonchev–Trinajstić information content (AvgIpc) is 3.27. The first-order valence-electron chi connectivity index (χ1n) is 10.9. The van der Waals surface area contributed by atoms with E-state index in [2.05, 4.69) is 16.5 Å². The van der Waals surface area contributed by atoms with E-state index in [9.17, 15) is 14.9 Å². The fourth-order valence-electron chi connectivity index (χ4n) is 4.03. The van der Waals surface area contributed by atoms with Gasteiger partial charge in [-0.1, -0.05) is 36.4 Å². The van der Waals surface area contributed by atoms with E-state index in [0.29, 0.717) is 33.7 Å². The molecule has 5 rings (SSSR count). The number of fused-ring (bicyclic) bond motifs is 1. The van der Waals surface area contributed by atoms with Gasteiger partial charge in [0.2, 0.25) is 0 Å². The van der Waals surface area contributed by atoms with Crippen molar-refractivity contribution in [2.24, 2.45) is 0 Å². The molecule has 35 heavy (non-hydrogen) atoms. The van der Waals surface area contributed by atoms with E-state index >= 15 is 0 Å². The highest BCUT2D eigenvalue weighted by Gasteiger charge is 2.17. The second-order valence-electron chi connectivity index (χ2n) is 8.23. The number of nitrogens with one attached hydrogen (secondary N) is 1. The van der Waals surface area contributed by atoms with Gasteiger partial charge in [0, 0.05) is 17.2 Å². The van der Waals surface area contributed by atoms with E-state index in [1.807, 2.05) is 56.3 Å². The van der Waals surface area contributed by atoms with Crippen molar-refractivity contribution in [3.8, 4) is 23.1 Å². The van der Waals surface area contributed by atoms with Crippen LogP contribution in [0.25, 0.3) is 28.0 Å². The van der Waals surface area contributed by atoms with Gasteiger partial charge >= 0.3 is 0 Å². The fourth-order valence-corrected chi connectivity index (χ4v) is 4.03. The van der Waals surface area contributed by atoms with Crippen molar-refractivity contribution in [3.05, 3.63) is 111 Å². The molecule has 0 atom stereocenters. The summed E-state index contributed by atoms with van der Waals surface area (Å²) in [5, 5.41) is 17.0. The SMILES string of the molecule is Cc1cc(C)c2oc(-c3ccc(C(=O)Nc4c(C#N)cnn4-c4ccccc4)cc3)cc(=O)c2c1. The molecule has 1 N–H and O–H groups in total. The molecule has 0 aliphatic heterocycles. The summed E-state index contributed by atoms with van der Waals surface area (Å²) in [6.07, 6.45) is 1.41. The smallest absolute Gasteiger partial charge is 0.256 e. The molecule has 0 spiro atoms. The Kier molecular flexibility index (Phi) is 5.47. The topological polar surface area (TPSA) is 101 Å². The molecule has 0 aliphatic rings. The zero-order valence-electron chi connectivity index (χ0n) is 19.1. The second-order valence-corrected chi connectivity index (χ2v) is 8.23. The fraction of sp³-hybridized carbons (Fsp3) is 0.0714. The van der Waals surface area contributed by atoms with Gasteiger partial charge in [-0.3, -0.25) is 9.59 Å². The number of anilines is 1. The van der Waals surface area contributed by atoms with Crippen LogP contribution in [-0.2, 0) is 0 Å². The van der Waals surface area contributed by atoms with E-state index in [0.717, 1.165) is 16.8 Å². The molecule has 0 saturated carbocycles. The highest BCUT2D eigenvalue weighted by atomic mass is 16.3. The molecule has 170 valence electrons. The molecule has 7 nitrogen and oxygen atoms in total. The Morgan fingerprint density at radius 2 is 1.77 bits per heavy atom. The highest BCUT2D eigenvalue weighted by Crippen LogP contribution is 2.26. The highest BCUT2D eigenvalue weighted by molar-refractivity contribution is 6.04. The summed E-state index contributed by atoms with van der Waals surface area (Å²) < 4.78 is 7.56. The van der Waals surface area contributed by atoms with E-state index in [4.69, 9.17) is 4.42 Å². The maximum Gasteiger partial charge on any atom is 0.256 e. The molecule has 5 aromatic rings. The maximum atomic E-state index is 13.0. The lowest BCUT2D eigenvalue weighted by atomic mass is 10.1. The number of hydrogen-bond acceptors (Lipinski definition) is 5. The summed E-state index contributed by atoms with van der Waals surface area (Å²) >= 11 is 0. The Morgan fingerprint density at radius 3 is 2.49 bits per heavy atom. The number of carbonyl (C=O) groups is 1. The van der Waals surface area contributed by atoms with Gasteiger partial charge in [0.25, 0.3) is 5.91 Å². The molecule has 1 amide bonds. The van der Waals surface area contributed by atoms with Crippen LogP contribution in [0.3, 0.4) is 0 Å². The molecule has 2 aromatic heterocycles. The largest absolute Gasteiger partial charge is 0.456 e. The van der Waals surface area contributed by atoms with Crippen molar-refractivity contribution in [2.75, 3.05) is 5.32 Å². The molecular formula is C28H20N4O3. The number of aryl methyl sites for hydroxylation is 2. The zero-order valence-corrected chi connectivity index (χ0v) is 19.1. The quantitative estimate of drug-likeness (QED) is 0.388. The summed E-state index contributed by atoms with van der Waals surface area (Å²) in [6, 6.07) is 23.3. The van der Waals surface area contributed by atoms with Gasteiger partial charge in [-0.15, -0.1) is 0 Å². The molecule has 0 fully saturated rings. The Labute approximate surface area is 200 Å². The minimum Gasteiger partial charge on any atom is -0.456 e. The monoisotopic (exact) mass is 460 g/mol. The Bertz CT molecular complexity index is 1670. The number of amides is 1.